The number of carbonyl (C=O) groups excluding carboxylic acids is 1. The highest BCUT2D eigenvalue weighted by Gasteiger charge is 2.05. The summed E-state index contributed by atoms with van der Waals surface area (Å²) in [4.78, 5) is 11.7. The average molecular weight is 420 g/mol. The molecule has 0 unspecified atom stereocenters. The number of aromatic hydroxyl groups is 2. The van der Waals surface area contributed by atoms with Crippen molar-refractivity contribution in [3.05, 3.63) is 36.4 Å². The van der Waals surface area contributed by atoms with Gasteiger partial charge in [0.1, 0.15) is 0 Å². The van der Waals surface area contributed by atoms with Gasteiger partial charge in [0.25, 0.3) is 0 Å². The third-order valence-corrected chi connectivity index (χ3v) is 5.02. The highest BCUT2D eigenvalue weighted by atomic mass is 16.3. The van der Waals surface area contributed by atoms with Crippen LogP contribution in [-0.4, -0.2) is 22.7 Å². The minimum absolute atomic E-state index is 0.0632. The number of unbranched alkanes of at least 4 members (excludes halogenated alkanes) is 11. The van der Waals surface area contributed by atoms with E-state index in [0.717, 1.165) is 19.3 Å². The van der Waals surface area contributed by atoms with E-state index in [1.807, 2.05) is 6.08 Å². The Morgan fingerprint density at radius 2 is 1.43 bits per heavy atom. The Labute approximate surface area is 184 Å². The second-order valence-corrected chi connectivity index (χ2v) is 7.96. The zero-order valence-electron chi connectivity index (χ0n) is 19.4. The molecule has 3 N–H and O–H groups in total. The molecule has 1 aromatic carbocycles. The number of carbonyl (C=O) groups is 1. The normalized spacial score (nSPS) is 10.2. The number of nitrogens with one attached hydrogen (secondary N) is 1. The van der Waals surface area contributed by atoms with Gasteiger partial charge in [-0.3, -0.25) is 4.79 Å². The maximum Gasteiger partial charge on any atom is 0.224 e. The Bertz CT molecular complexity index is 551. The summed E-state index contributed by atoms with van der Waals surface area (Å²) in [5.74, 6) is -0.429. The van der Waals surface area contributed by atoms with Gasteiger partial charge in [0.15, 0.2) is 11.5 Å². The van der Waals surface area contributed by atoms with Crippen LogP contribution in [0, 0.1) is 0 Å². The van der Waals surface area contributed by atoms with E-state index in [-0.39, 0.29) is 23.8 Å². The van der Waals surface area contributed by atoms with Crippen molar-refractivity contribution in [1.29, 1.82) is 0 Å². The number of phenols is 2. The van der Waals surface area contributed by atoms with Gasteiger partial charge in [-0.1, -0.05) is 90.2 Å². The SMILES string of the molecule is C=CCCCCCCCNC(=O)Cc1ccc(O)c(O)c1.CCCCCCCCC. The summed E-state index contributed by atoms with van der Waals surface area (Å²) < 4.78 is 0. The molecule has 0 aliphatic carbocycles. The lowest BCUT2D eigenvalue weighted by Gasteiger charge is -2.06. The molecular formula is C26H45NO3. The predicted molar refractivity (Wildman–Crippen MR) is 128 cm³/mol. The highest BCUT2D eigenvalue weighted by Crippen LogP contribution is 2.24. The van der Waals surface area contributed by atoms with Crippen molar-refractivity contribution in [2.45, 2.75) is 104 Å². The number of amides is 1. The van der Waals surface area contributed by atoms with Crippen molar-refractivity contribution in [3.8, 4) is 11.5 Å². The second-order valence-electron chi connectivity index (χ2n) is 7.96. The van der Waals surface area contributed by atoms with E-state index >= 15 is 0 Å². The van der Waals surface area contributed by atoms with Crippen LogP contribution in [-0.2, 0) is 11.2 Å². The van der Waals surface area contributed by atoms with E-state index in [0.29, 0.717) is 12.1 Å². The van der Waals surface area contributed by atoms with Crippen LogP contribution in [0.4, 0.5) is 0 Å². The zero-order valence-corrected chi connectivity index (χ0v) is 19.4. The lowest BCUT2D eigenvalue weighted by Crippen LogP contribution is -2.26. The monoisotopic (exact) mass is 419 g/mol. The molecule has 4 heteroatoms. The number of phenolic OH excluding ortho intramolecular Hbond substituents is 2. The summed E-state index contributed by atoms with van der Waals surface area (Å²) in [5, 5.41) is 21.4. The number of hydrogen-bond donors (Lipinski definition) is 3. The molecule has 30 heavy (non-hydrogen) atoms. The smallest absolute Gasteiger partial charge is 0.224 e. The molecule has 0 aliphatic rings. The predicted octanol–water partition coefficient (Wildman–Crippen LogP) is 7.04. The maximum absolute atomic E-state index is 11.7. The standard InChI is InChI=1S/C17H25NO3.C9H20/c1-2-3-4-5-6-7-8-11-18-17(21)13-14-9-10-15(19)16(20)12-14;1-3-5-7-9-8-6-4-2/h2,9-10,12,19-20H,1,3-8,11,13H2,(H,18,21);3-9H2,1-2H3. The van der Waals surface area contributed by atoms with Gasteiger partial charge in [-0.15, -0.1) is 6.58 Å². The molecule has 1 rings (SSSR count). The largest absolute Gasteiger partial charge is 0.504 e. The van der Waals surface area contributed by atoms with Gasteiger partial charge in [-0.05, 0) is 37.0 Å². The fraction of sp³-hybridized carbons (Fsp3) is 0.654. The van der Waals surface area contributed by atoms with Crippen LogP contribution < -0.4 is 5.32 Å². The summed E-state index contributed by atoms with van der Waals surface area (Å²) in [6, 6.07) is 4.43. The molecule has 172 valence electrons. The molecule has 0 aromatic heterocycles. The van der Waals surface area contributed by atoms with Crippen LogP contribution in [0.2, 0.25) is 0 Å². The van der Waals surface area contributed by atoms with Crippen LogP contribution in [0.1, 0.15) is 103 Å². The number of rotatable bonds is 16. The Balaban J connectivity index is 0.000000787. The Kier molecular flexibility index (Phi) is 19.0. The van der Waals surface area contributed by atoms with Gasteiger partial charge < -0.3 is 15.5 Å². The fourth-order valence-corrected chi connectivity index (χ4v) is 3.13. The summed E-state index contributed by atoms with van der Waals surface area (Å²) >= 11 is 0. The van der Waals surface area contributed by atoms with Crippen molar-refractivity contribution < 1.29 is 15.0 Å². The molecule has 0 atom stereocenters. The number of benzene rings is 1. The van der Waals surface area contributed by atoms with Crippen molar-refractivity contribution in [2.24, 2.45) is 0 Å². The van der Waals surface area contributed by atoms with E-state index < -0.39 is 0 Å². The van der Waals surface area contributed by atoms with E-state index in [9.17, 15) is 15.0 Å². The Hall–Kier alpha value is -1.97. The highest BCUT2D eigenvalue weighted by molar-refractivity contribution is 5.78. The van der Waals surface area contributed by atoms with E-state index in [2.05, 4.69) is 25.7 Å². The second kappa shape index (κ2) is 20.3. The summed E-state index contributed by atoms with van der Waals surface area (Å²) in [7, 11) is 0. The van der Waals surface area contributed by atoms with Crippen LogP contribution >= 0.6 is 0 Å². The van der Waals surface area contributed by atoms with Gasteiger partial charge in [0, 0.05) is 6.54 Å². The first kappa shape index (κ1) is 28.0. The fourth-order valence-electron chi connectivity index (χ4n) is 3.13. The van der Waals surface area contributed by atoms with Gasteiger partial charge in [-0.25, -0.2) is 0 Å². The topological polar surface area (TPSA) is 69.6 Å². The summed E-state index contributed by atoms with van der Waals surface area (Å²) in [5.41, 5.74) is 0.687. The molecule has 0 saturated carbocycles. The first-order valence-electron chi connectivity index (χ1n) is 11.9. The molecule has 4 nitrogen and oxygen atoms in total. The van der Waals surface area contributed by atoms with Crippen molar-refractivity contribution >= 4 is 5.91 Å². The third kappa shape index (κ3) is 16.9. The first-order valence-corrected chi connectivity index (χ1v) is 11.9. The quantitative estimate of drug-likeness (QED) is 0.153. The zero-order chi connectivity index (χ0) is 22.5. The number of hydrogen-bond acceptors (Lipinski definition) is 3. The molecule has 1 amide bonds. The van der Waals surface area contributed by atoms with Gasteiger partial charge in [-0.2, -0.15) is 0 Å². The molecule has 1 aromatic rings. The Morgan fingerprint density at radius 3 is 2.00 bits per heavy atom. The number of allylic oxidation sites excluding steroid dienone is 1. The molecular weight excluding hydrogens is 374 g/mol. The van der Waals surface area contributed by atoms with Crippen LogP contribution in [0.15, 0.2) is 30.9 Å². The minimum Gasteiger partial charge on any atom is -0.504 e. The third-order valence-electron chi connectivity index (χ3n) is 5.02. The van der Waals surface area contributed by atoms with Crippen molar-refractivity contribution in [3.63, 3.8) is 0 Å². The summed E-state index contributed by atoms with van der Waals surface area (Å²) in [6.07, 6.45) is 18.9. The van der Waals surface area contributed by atoms with Gasteiger partial charge in [0.2, 0.25) is 5.91 Å². The van der Waals surface area contributed by atoms with Crippen molar-refractivity contribution in [1.82, 2.24) is 5.32 Å². The van der Waals surface area contributed by atoms with E-state index in [1.165, 1.54) is 76.3 Å². The molecule has 0 spiro atoms. The molecule has 0 aliphatic heterocycles. The molecule has 0 saturated heterocycles. The van der Waals surface area contributed by atoms with E-state index in [1.54, 1.807) is 6.07 Å². The van der Waals surface area contributed by atoms with Crippen LogP contribution in [0.25, 0.3) is 0 Å². The molecule has 0 bridgehead atoms. The maximum atomic E-state index is 11.7. The molecule has 0 heterocycles. The Morgan fingerprint density at radius 1 is 0.867 bits per heavy atom. The molecule has 0 fully saturated rings. The van der Waals surface area contributed by atoms with Gasteiger partial charge in [0.05, 0.1) is 6.42 Å². The average Bonchev–Trinajstić information content (AvgIpc) is 2.73. The van der Waals surface area contributed by atoms with Crippen LogP contribution in [0.3, 0.4) is 0 Å². The lowest BCUT2D eigenvalue weighted by atomic mass is 10.1. The minimum atomic E-state index is -0.195. The first-order chi connectivity index (χ1) is 14.5. The van der Waals surface area contributed by atoms with Crippen molar-refractivity contribution in [2.75, 3.05) is 6.54 Å². The van der Waals surface area contributed by atoms with E-state index in [4.69, 9.17) is 0 Å². The van der Waals surface area contributed by atoms with Crippen LogP contribution in [0.5, 0.6) is 11.5 Å². The molecule has 0 radical (unpaired) electrons. The van der Waals surface area contributed by atoms with Gasteiger partial charge >= 0.3 is 0 Å². The summed E-state index contributed by atoms with van der Waals surface area (Å²) in [6.45, 7) is 8.91. The lowest BCUT2D eigenvalue weighted by molar-refractivity contribution is -0.120.